The topological polar surface area (TPSA) is 75.6 Å². The zero-order valence-corrected chi connectivity index (χ0v) is 11.6. The van der Waals surface area contributed by atoms with Gasteiger partial charge in [-0.25, -0.2) is 4.79 Å². The smallest absolute Gasteiger partial charge is 0.335 e. The van der Waals surface area contributed by atoms with Crippen LogP contribution < -0.4 is 5.32 Å². The van der Waals surface area contributed by atoms with Crippen molar-refractivity contribution in [3.8, 4) is 0 Å². The van der Waals surface area contributed by atoms with Crippen molar-refractivity contribution in [1.29, 1.82) is 0 Å². The van der Waals surface area contributed by atoms with Gasteiger partial charge in [0.05, 0.1) is 17.7 Å². The molecule has 1 amide bonds. The van der Waals surface area contributed by atoms with Crippen LogP contribution in [0.15, 0.2) is 18.2 Å². The summed E-state index contributed by atoms with van der Waals surface area (Å²) >= 11 is 0. The molecule has 104 valence electrons. The molecule has 0 aliphatic rings. The Morgan fingerprint density at radius 1 is 1.21 bits per heavy atom. The Labute approximate surface area is 112 Å². The molecular formula is C14H19NO4. The molecule has 0 bridgehead atoms. The Morgan fingerprint density at radius 2 is 1.79 bits per heavy atom. The van der Waals surface area contributed by atoms with Gasteiger partial charge in [-0.05, 0) is 44.5 Å². The number of carbonyl (C=O) groups is 2. The highest BCUT2D eigenvalue weighted by atomic mass is 16.5. The highest BCUT2D eigenvalue weighted by molar-refractivity contribution is 5.97. The van der Waals surface area contributed by atoms with Gasteiger partial charge in [-0.2, -0.15) is 0 Å². The third-order valence-electron chi connectivity index (χ3n) is 3.02. The quantitative estimate of drug-likeness (QED) is 0.852. The van der Waals surface area contributed by atoms with Gasteiger partial charge >= 0.3 is 5.97 Å². The number of hydrogen-bond acceptors (Lipinski definition) is 3. The molecule has 0 fully saturated rings. The van der Waals surface area contributed by atoms with E-state index < -0.39 is 5.97 Å². The van der Waals surface area contributed by atoms with E-state index in [-0.39, 0.29) is 23.6 Å². The van der Waals surface area contributed by atoms with Gasteiger partial charge in [-0.15, -0.1) is 0 Å². The number of ether oxygens (including phenoxy) is 1. The maximum Gasteiger partial charge on any atom is 0.335 e. The molecular weight excluding hydrogens is 246 g/mol. The molecule has 0 saturated heterocycles. The van der Waals surface area contributed by atoms with Crippen LogP contribution in [-0.4, -0.2) is 36.2 Å². The number of aromatic carboxylic acids is 1. The van der Waals surface area contributed by atoms with E-state index in [4.69, 9.17) is 9.84 Å². The van der Waals surface area contributed by atoms with Crippen molar-refractivity contribution in [2.75, 3.05) is 7.11 Å². The van der Waals surface area contributed by atoms with Crippen molar-refractivity contribution in [1.82, 2.24) is 5.32 Å². The number of benzene rings is 1. The fraction of sp³-hybridized carbons (Fsp3) is 0.429. The first kappa shape index (κ1) is 15.2. The minimum absolute atomic E-state index is 0.109. The summed E-state index contributed by atoms with van der Waals surface area (Å²) in [5.41, 5.74) is 1.18. The van der Waals surface area contributed by atoms with E-state index in [1.54, 1.807) is 20.1 Å². The molecule has 0 spiro atoms. The maximum absolute atomic E-state index is 12.0. The molecule has 0 aliphatic carbocycles. The number of carbonyl (C=O) groups excluding carboxylic acids is 1. The summed E-state index contributed by atoms with van der Waals surface area (Å²) in [6, 6.07) is 4.40. The van der Waals surface area contributed by atoms with Crippen LogP contribution in [-0.2, 0) is 4.74 Å². The first-order valence-corrected chi connectivity index (χ1v) is 6.03. The summed E-state index contributed by atoms with van der Waals surface area (Å²) in [5, 5.41) is 11.8. The van der Waals surface area contributed by atoms with Crippen LogP contribution in [0.25, 0.3) is 0 Å². The lowest BCUT2D eigenvalue weighted by molar-refractivity contribution is 0.0696. The number of carboxylic acid groups (broad SMARTS) is 1. The Kier molecular flexibility index (Phi) is 5.06. The van der Waals surface area contributed by atoms with Crippen LogP contribution in [0.2, 0.25) is 0 Å². The second-order valence-electron chi connectivity index (χ2n) is 4.60. The SMILES string of the molecule is COC(C)[C@H](C)NC(=O)c1cc(C)cc(C(=O)O)c1. The number of methoxy groups -OCH3 is 1. The van der Waals surface area contributed by atoms with Crippen LogP contribution in [0, 0.1) is 6.92 Å². The third-order valence-corrected chi connectivity index (χ3v) is 3.02. The first-order chi connectivity index (χ1) is 8.85. The van der Waals surface area contributed by atoms with Gasteiger partial charge in [0.2, 0.25) is 0 Å². The van der Waals surface area contributed by atoms with Crippen molar-refractivity contribution >= 4 is 11.9 Å². The average molecular weight is 265 g/mol. The number of aryl methyl sites for hydroxylation is 1. The predicted molar refractivity (Wildman–Crippen MR) is 71.5 cm³/mol. The first-order valence-electron chi connectivity index (χ1n) is 6.03. The van der Waals surface area contributed by atoms with Gasteiger partial charge in [0.1, 0.15) is 0 Å². The Bertz CT molecular complexity index is 484. The molecule has 0 heterocycles. The third kappa shape index (κ3) is 4.06. The molecule has 0 aliphatic heterocycles. The number of rotatable bonds is 5. The molecule has 0 radical (unpaired) electrons. The molecule has 5 nitrogen and oxygen atoms in total. The highest BCUT2D eigenvalue weighted by Crippen LogP contribution is 2.10. The van der Waals surface area contributed by atoms with Crippen LogP contribution in [0.3, 0.4) is 0 Å². The van der Waals surface area contributed by atoms with Gasteiger partial charge in [0.25, 0.3) is 5.91 Å². The van der Waals surface area contributed by atoms with Crippen LogP contribution in [0.4, 0.5) is 0 Å². The Morgan fingerprint density at radius 3 is 2.32 bits per heavy atom. The summed E-state index contributed by atoms with van der Waals surface area (Å²) in [4.78, 5) is 23.0. The summed E-state index contributed by atoms with van der Waals surface area (Å²) in [5.74, 6) is -1.35. The summed E-state index contributed by atoms with van der Waals surface area (Å²) < 4.78 is 5.13. The molecule has 2 N–H and O–H groups in total. The predicted octanol–water partition coefficient (Wildman–Crippen LogP) is 1.85. The maximum atomic E-state index is 12.0. The van der Waals surface area contributed by atoms with Gasteiger partial charge in [-0.1, -0.05) is 0 Å². The molecule has 1 rings (SSSR count). The molecule has 0 aromatic heterocycles. The molecule has 0 saturated carbocycles. The van der Waals surface area contributed by atoms with E-state index in [2.05, 4.69) is 5.32 Å². The Balaban J connectivity index is 2.91. The lowest BCUT2D eigenvalue weighted by atomic mass is 10.1. The number of hydrogen-bond donors (Lipinski definition) is 2. The van der Waals surface area contributed by atoms with E-state index >= 15 is 0 Å². The van der Waals surface area contributed by atoms with Crippen molar-refractivity contribution < 1.29 is 19.4 Å². The van der Waals surface area contributed by atoms with Gasteiger partial charge < -0.3 is 15.2 Å². The van der Waals surface area contributed by atoms with Gasteiger partial charge in [0.15, 0.2) is 0 Å². The zero-order valence-electron chi connectivity index (χ0n) is 11.6. The lowest BCUT2D eigenvalue weighted by Gasteiger charge is -2.20. The molecule has 1 aromatic carbocycles. The normalized spacial score (nSPS) is 13.7. The largest absolute Gasteiger partial charge is 0.478 e. The molecule has 1 aromatic rings. The fourth-order valence-electron chi connectivity index (χ4n) is 1.65. The minimum Gasteiger partial charge on any atom is -0.478 e. The number of amides is 1. The molecule has 19 heavy (non-hydrogen) atoms. The number of nitrogens with one attached hydrogen (secondary N) is 1. The molecule has 2 atom stereocenters. The van der Waals surface area contributed by atoms with Crippen LogP contribution in [0.1, 0.15) is 40.1 Å². The van der Waals surface area contributed by atoms with E-state index in [0.29, 0.717) is 5.56 Å². The molecule has 1 unspecified atom stereocenters. The van der Waals surface area contributed by atoms with E-state index in [1.807, 2.05) is 13.8 Å². The lowest BCUT2D eigenvalue weighted by Crippen LogP contribution is -2.40. The van der Waals surface area contributed by atoms with Gasteiger partial charge in [0, 0.05) is 12.7 Å². The van der Waals surface area contributed by atoms with Crippen LogP contribution >= 0.6 is 0 Å². The molecule has 5 heteroatoms. The zero-order chi connectivity index (χ0) is 14.6. The van der Waals surface area contributed by atoms with E-state index in [9.17, 15) is 9.59 Å². The minimum atomic E-state index is -1.05. The van der Waals surface area contributed by atoms with E-state index in [1.165, 1.54) is 12.1 Å². The average Bonchev–Trinajstić information content (AvgIpc) is 2.36. The number of carboxylic acids is 1. The summed E-state index contributed by atoms with van der Waals surface area (Å²) in [7, 11) is 1.57. The van der Waals surface area contributed by atoms with Crippen molar-refractivity contribution in [3.05, 3.63) is 34.9 Å². The Hall–Kier alpha value is -1.88. The fourth-order valence-corrected chi connectivity index (χ4v) is 1.65. The van der Waals surface area contributed by atoms with Crippen molar-refractivity contribution in [2.24, 2.45) is 0 Å². The highest BCUT2D eigenvalue weighted by Gasteiger charge is 2.16. The summed E-state index contributed by atoms with van der Waals surface area (Å²) in [6.07, 6.45) is -0.118. The standard InChI is InChI=1S/C14H19NO4/c1-8-5-11(7-12(6-8)14(17)18)13(16)15-9(2)10(3)19-4/h5-7,9-10H,1-4H3,(H,15,16)(H,17,18)/t9-,10?/m0/s1. The van der Waals surface area contributed by atoms with Gasteiger partial charge in [-0.3, -0.25) is 4.79 Å². The van der Waals surface area contributed by atoms with Crippen molar-refractivity contribution in [3.63, 3.8) is 0 Å². The second kappa shape index (κ2) is 6.33. The van der Waals surface area contributed by atoms with E-state index in [0.717, 1.165) is 5.56 Å². The van der Waals surface area contributed by atoms with Crippen molar-refractivity contribution in [2.45, 2.75) is 32.9 Å². The monoisotopic (exact) mass is 265 g/mol. The summed E-state index contributed by atoms with van der Waals surface area (Å²) in [6.45, 7) is 5.44. The van der Waals surface area contributed by atoms with Crippen LogP contribution in [0.5, 0.6) is 0 Å². The second-order valence-corrected chi connectivity index (χ2v) is 4.60.